The highest BCUT2D eigenvalue weighted by atomic mass is 16.6. The Morgan fingerprint density at radius 3 is 2.87 bits per heavy atom. The number of H-pyrrole nitrogens is 1. The van der Waals surface area contributed by atoms with Crippen LogP contribution in [0.25, 0.3) is 0 Å². The SMILES string of the molecule is Cc1cc(C(=O)N/N=C/c2ccc(O)c([N+](=O)[O-])c2)nc(=O)[nH]1. The molecule has 1 amide bonds. The minimum Gasteiger partial charge on any atom is -0.502 e. The number of phenolic OH excluding ortho intramolecular Hbond substituents is 1. The van der Waals surface area contributed by atoms with Crippen molar-refractivity contribution in [1.82, 2.24) is 15.4 Å². The van der Waals surface area contributed by atoms with E-state index in [1.54, 1.807) is 6.92 Å². The average Bonchev–Trinajstić information content (AvgIpc) is 2.47. The predicted molar refractivity (Wildman–Crippen MR) is 79.4 cm³/mol. The fourth-order valence-electron chi connectivity index (χ4n) is 1.69. The molecular weight excluding hydrogens is 306 g/mol. The number of carbonyl (C=O) groups excluding carboxylic acids is 1. The van der Waals surface area contributed by atoms with Crippen molar-refractivity contribution in [2.45, 2.75) is 6.92 Å². The van der Waals surface area contributed by atoms with Gasteiger partial charge >= 0.3 is 11.4 Å². The molecule has 3 N–H and O–H groups in total. The first-order valence-electron chi connectivity index (χ1n) is 6.25. The van der Waals surface area contributed by atoms with Crippen LogP contribution in [0.2, 0.25) is 0 Å². The van der Waals surface area contributed by atoms with E-state index in [1.807, 2.05) is 0 Å². The van der Waals surface area contributed by atoms with E-state index in [0.29, 0.717) is 11.3 Å². The molecule has 23 heavy (non-hydrogen) atoms. The molecule has 2 aromatic rings. The molecule has 0 saturated heterocycles. The lowest BCUT2D eigenvalue weighted by molar-refractivity contribution is -0.385. The van der Waals surface area contributed by atoms with Gasteiger partial charge < -0.3 is 10.1 Å². The smallest absolute Gasteiger partial charge is 0.345 e. The first-order chi connectivity index (χ1) is 10.9. The minimum atomic E-state index is -0.742. The molecule has 0 aliphatic heterocycles. The van der Waals surface area contributed by atoms with Crippen LogP contribution in [0.15, 0.2) is 34.2 Å². The maximum Gasteiger partial charge on any atom is 0.345 e. The molecule has 0 bridgehead atoms. The van der Waals surface area contributed by atoms with Gasteiger partial charge in [-0.15, -0.1) is 0 Å². The van der Waals surface area contributed by atoms with Crippen LogP contribution in [0.1, 0.15) is 21.7 Å². The Bertz CT molecular complexity index is 858. The van der Waals surface area contributed by atoms with Crippen molar-refractivity contribution in [3.05, 3.63) is 61.8 Å². The molecule has 0 aliphatic rings. The van der Waals surface area contributed by atoms with Gasteiger partial charge in [-0.05, 0) is 25.1 Å². The second kappa shape index (κ2) is 6.47. The number of aromatic hydroxyl groups is 1. The van der Waals surface area contributed by atoms with Crippen molar-refractivity contribution in [2.75, 3.05) is 0 Å². The van der Waals surface area contributed by atoms with Gasteiger partial charge in [-0.3, -0.25) is 14.9 Å². The van der Waals surface area contributed by atoms with Crippen molar-refractivity contribution >= 4 is 17.8 Å². The Balaban J connectivity index is 2.12. The summed E-state index contributed by atoms with van der Waals surface area (Å²) in [5.41, 5.74) is 1.66. The molecule has 0 aliphatic carbocycles. The fraction of sp³-hybridized carbons (Fsp3) is 0.0769. The molecule has 10 heteroatoms. The van der Waals surface area contributed by atoms with Crippen LogP contribution in [0.4, 0.5) is 5.69 Å². The van der Waals surface area contributed by atoms with Gasteiger partial charge in [0.25, 0.3) is 5.91 Å². The molecule has 10 nitrogen and oxygen atoms in total. The van der Waals surface area contributed by atoms with Crippen LogP contribution in [0, 0.1) is 17.0 Å². The average molecular weight is 317 g/mol. The molecule has 0 unspecified atom stereocenters. The summed E-state index contributed by atoms with van der Waals surface area (Å²) in [6, 6.07) is 4.99. The summed E-state index contributed by atoms with van der Waals surface area (Å²) in [6.07, 6.45) is 1.16. The predicted octanol–water partition coefficient (Wildman–Crippen LogP) is 0.456. The van der Waals surface area contributed by atoms with Crippen molar-refractivity contribution in [3.63, 3.8) is 0 Å². The maximum atomic E-state index is 11.8. The number of aromatic amines is 1. The van der Waals surface area contributed by atoms with E-state index >= 15 is 0 Å². The Morgan fingerprint density at radius 1 is 1.48 bits per heavy atom. The summed E-state index contributed by atoms with van der Waals surface area (Å²) in [7, 11) is 0. The number of carbonyl (C=O) groups is 1. The van der Waals surface area contributed by atoms with Crippen molar-refractivity contribution < 1.29 is 14.8 Å². The van der Waals surface area contributed by atoms with Gasteiger partial charge in [0.15, 0.2) is 5.75 Å². The molecular formula is C13H11N5O5. The Hall–Kier alpha value is -3.56. The number of nitrogens with one attached hydrogen (secondary N) is 2. The van der Waals surface area contributed by atoms with E-state index in [1.165, 1.54) is 12.1 Å². The van der Waals surface area contributed by atoms with Gasteiger partial charge in [-0.25, -0.2) is 10.2 Å². The van der Waals surface area contributed by atoms with Crippen LogP contribution in [0.5, 0.6) is 5.75 Å². The summed E-state index contributed by atoms with van der Waals surface area (Å²) in [4.78, 5) is 38.8. The molecule has 2 rings (SSSR count). The Morgan fingerprint density at radius 2 is 2.22 bits per heavy atom. The maximum absolute atomic E-state index is 11.8. The number of phenols is 1. The highest BCUT2D eigenvalue weighted by molar-refractivity contribution is 5.93. The lowest BCUT2D eigenvalue weighted by atomic mass is 10.2. The van der Waals surface area contributed by atoms with Gasteiger partial charge in [0.1, 0.15) is 5.69 Å². The van der Waals surface area contributed by atoms with Crippen molar-refractivity contribution in [2.24, 2.45) is 5.10 Å². The highest BCUT2D eigenvalue weighted by Gasteiger charge is 2.13. The molecule has 1 aromatic heterocycles. The zero-order chi connectivity index (χ0) is 17.0. The first-order valence-corrected chi connectivity index (χ1v) is 6.25. The van der Waals surface area contributed by atoms with E-state index < -0.39 is 28.0 Å². The largest absolute Gasteiger partial charge is 0.502 e. The standard InChI is InChI=1S/C13H11N5O5/c1-7-4-9(16-13(21)15-7)12(20)17-14-6-8-2-3-11(19)10(5-8)18(22)23/h2-6,19H,1H3,(H,17,20)(H,15,16,21)/b14-6+. The number of amides is 1. The van der Waals surface area contributed by atoms with E-state index in [9.17, 15) is 24.8 Å². The van der Waals surface area contributed by atoms with Crippen molar-refractivity contribution in [3.8, 4) is 5.75 Å². The second-order valence-corrected chi connectivity index (χ2v) is 4.46. The minimum absolute atomic E-state index is 0.111. The molecule has 0 fully saturated rings. The third-order valence-electron chi connectivity index (χ3n) is 2.69. The fourth-order valence-corrected chi connectivity index (χ4v) is 1.69. The number of nitro groups is 1. The highest BCUT2D eigenvalue weighted by Crippen LogP contribution is 2.25. The zero-order valence-electron chi connectivity index (χ0n) is 11.8. The first kappa shape index (κ1) is 15.8. The van der Waals surface area contributed by atoms with Crippen LogP contribution in [0.3, 0.4) is 0 Å². The van der Waals surface area contributed by atoms with Crippen LogP contribution in [-0.4, -0.2) is 32.1 Å². The molecule has 1 aromatic carbocycles. The van der Waals surface area contributed by atoms with E-state index in [2.05, 4.69) is 20.5 Å². The van der Waals surface area contributed by atoms with E-state index in [0.717, 1.165) is 18.3 Å². The number of hydrogen-bond donors (Lipinski definition) is 3. The number of aryl methyl sites for hydroxylation is 1. The monoisotopic (exact) mass is 317 g/mol. The number of hydrogen-bond acceptors (Lipinski definition) is 7. The van der Waals surface area contributed by atoms with Gasteiger partial charge in [0.05, 0.1) is 11.1 Å². The molecule has 0 spiro atoms. The zero-order valence-corrected chi connectivity index (χ0v) is 11.8. The molecule has 0 atom stereocenters. The van der Waals surface area contributed by atoms with Gasteiger partial charge in [0, 0.05) is 17.3 Å². The summed E-state index contributed by atoms with van der Waals surface area (Å²) in [6.45, 7) is 1.60. The number of rotatable bonds is 4. The van der Waals surface area contributed by atoms with Gasteiger partial charge in [0.2, 0.25) is 0 Å². The lowest BCUT2D eigenvalue weighted by Gasteiger charge is -2.00. The van der Waals surface area contributed by atoms with Crippen LogP contribution < -0.4 is 11.1 Å². The summed E-state index contributed by atoms with van der Waals surface area (Å²) in [5.74, 6) is -1.18. The molecule has 0 saturated carbocycles. The van der Waals surface area contributed by atoms with E-state index in [-0.39, 0.29) is 5.69 Å². The second-order valence-electron chi connectivity index (χ2n) is 4.46. The number of aromatic nitrogens is 2. The summed E-state index contributed by atoms with van der Waals surface area (Å²) >= 11 is 0. The topological polar surface area (TPSA) is 151 Å². The third-order valence-corrected chi connectivity index (χ3v) is 2.69. The quantitative estimate of drug-likeness (QED) is 0.423. The van der Waals surface area contributed by atoms with E-state index in [4.69, 9.17) is 0 Å². The normalized spacial score (nSPS) is 10.7. The van der Waals surface area contributed by atoms with Crippen LogP contribution >= 0.6 is 0 Å². The lowest BCUT2D eigenvalue weighted by Crippen LogP contribution is -2.24. The molecule has 118 valence electrons. The number of benzene rings is 1. The number of nitro benzene ring substituents is 1. The molecule has 0 radical (unpaired) electrons. The van der Waals surface area contributed by atoms with Gasteiger partial charge in [-0.2, -0.15) is 10.1 Å². The summed E-state index contributed by atoms with van der Waals surface area (Å²) in [5, 5.41) is 23.6. The summed E-state index contributed by atoms with van der Waals surface area (Å²) < 4.78 is 0. The Kier molecular flexibility index (Phi) is 4.45. The van der Waals surface area contributed by atoms with Crippen LogP contribution in [-0.2, 0) is 0 Å². The number of nitrogens with zero attached hydrogens (tertiary/aromatic N) is 3. The van der Waals surface area contributed by atoms with Crippen molar-refractivity contribution in [1.29, 1.82) is 0 Å². The Labute approximate surface area is 128 Å². The van der Waals surface area contributed by atoms with Gasteiger partial charge in [-0.1, -0.05) is 0 Å². The molecule has 1 heterocycles. The third kappa shape index (κ3) is 3.97. The number of hydrazone groups is 1.